The van der Waals surface area contributed by atoms with E-state index in [2.05, 4.69) is 221 Å². The summed E-state index contributed by atoms with van der Waals surface area (Å²) in [7, 11) is 0. The summed E-state index contributed by atoms with van der Waals surface area (Å²) in [6.07, 6.45) is 0. The fourth-order valence-electron chi connectivity index (χ4n) is 10.3. The van der Waals surface area contributed by atoms with Crippen molar-refractivity contribution in [2.45, 2.75) is 7.43 Å². The maximum absolute atomic E-state index is 3.98. The van der Waals surface area contributed by atoms with E-state index in [4.69, 9.17) is 0 Å². The van der Waals surface area contributed by atoms with Crippen molar-refractivity contribution in [3.63, 3.8) is 0 Å². The second kappa shape index (κ2) is 14.2. The minimum absolute atomic E-state index is 0. The van der Waals surface area contributed by atoms with Crippen LogP contribution >= 0.6 is 22.7 Å². The van der Waals surface area contributed by atoms with Crippen LogP contribution in [0, 0.1) is 0 Å². The zero-order valence-corrected chi connectivity index (χ0v) is 35.5. The van der Waals surface area contributed by atoms with Crippen molar-refractivity contribution < 1.29 is 0 Å². The maximum atomic E-state index is 3.98. The number of hydrogen-bond acceptors (Lipinski definition) is 4. The summed E-state index contributed by atoms with van der Waals surface area (Å²) in [6.45, 7) is 0. The topological polar surface area (TPSA) is 20.2 Å². The van der Waals surface area contributed by atoms with Gasteiger partial charge in [-0.2, -0.15) is 0 Å². The molecule has 0 spiro atoms. The smallest absolute Gasteiger partial charge is 0.0652 e. The van der Waals surface area contributed by atoms with Gasteiger partial charge < -0.3 is 14.8 Å². The Kier molecular flexibility index (Phi) is 8.17. The number of hydrogen-bond donors (Lipinski definition) is 1. The van der Waals surface area contributed by atoms with Gasteiger partial charge in [-0.1, -0.05) is 129 Å². The zero-order chi connectivity index (χ0) is 41.2. The lowest BCUT2D eigenvalue weighted by Gasteiger charge is -2.27. The fraction of sp³-hybridized carbons (Fsp3) is 0.0169. The third-order valence-corrected chi connectivity index (χ3v) is 15.4. The van der Waals surface area contributed by atoms with Crippen molar-refractivity contribution in [2.24, 2.45) is 0 Å². The number of rotatable bonds is 5. The van der Waals surface area contributed by atoms with Gasteiger partial charge in [0, 0.05) is 85.8 Å². The normalized spacial score (nSPS) is 12.1. The molecule has 0 saturated heterocycles. The van der Waals surface area contributed by atoms with Crippen LogP contribution in [0.25, 0.3) is 101 Å². The number of benzene rings is 10. The molecule has 1 aliphatic rings. The van der Waals surface area contributed by atoms with Gasteiger partial charge in [0.25, 0.3) is 0 Å². The molecular weight excluding hydrogens is 815 g/mol. The molecule has 1 N–H and O–H groups in total. The Morgan fingerprint density at radius 2 is 1.08 bits per heavy atom. The van der Waals surface area contributed by atoms with Crippen LogP contribution in [-0.2, 0) is 0 Å². The molecule has 3 nitrogen and oxygen atoms in total. The number of fused-ring (bicyclic) bond motifs is 12. The summed E-state index contributed by atoms with van der Waals surface area (Å²) in [5, 5.41) is 14.2. The number of aromatic nitrogens is 1. The summed E-state index contributed by atoms with van der Waals surface area (Å²) >= 11 is 3.74. The van der Waals surface area contributed by atoms with Crippen LogP contribution in [0.5, 0.6) is 0 Å². The minimum Gasteiger partial charge on any atom is -0.353 e. The highest BCUT2D eigenvalue weighted by Gasteiger charge is 2.24. The Balaban J connectivity index is 0.00000413. The molecule has 0 radical (unpaired) electrons. The molecule has 0 bridgehead atoms. The summed E-state index contributed by atoms with van der Waals surface area (Å²) < 4.78 is 7.60. The molecule has 1 aliphatic heterocycles. The van der Waals surface area contributed by atoms with Gasteiger partial charge in [-0.25, -0.2) is 0 Å². The van der Waals surface area contributed by atoms with E-state index >= 15 is 0 Å². The molecule has 0 saturated carbocycles. The van der Waals surface area contributed by atoms with Crippen molar-refractivity contribution >= 4 is 124 Å². The van der Waals surface area contributed by atoms with E-state index in [0.29, 0.717) is 0 Å². The van der Waals surface area contributed by atoms with Gasteiger partial charge in [0.05, 0.1) is 21.4 Å². The summed E-state index contributed by atoms with van der Waals surface area (Å²) in [5.74, 6) is 0. The number of nitrogens with one attached hydrogen (secondary N) is 1. The monoisotopic (exact) mass is 853 g/mol. The number of anilines is 5. The largest absolute Gasteiger partial charge is 0.353 e. The van der Waals surface area contributed by atoms with E-state index in [0.717, 1.165) is 34.0 Å². The van der Waals surface area contributed by atoms with Crippen molar-refractivity contribution in [3.05, 3.63) is 206 Å². The molecule has 64 heavy (non-hydrogen) atoms. The van der Waals surface area contributed by atoms with Crippen LogP contribution in [0.15, 0.2) is 206 Å². The lowest BCUT2D eigenvalue weighted by atomic mass is 9.90. The second-order valence-electron chi connectivity index (χ2n) is 16.6. The molecule has 0 unspecified atom stereocenters. The Hall–Kier alpha value is -7.70. The van der Waals surface area contributed by atoms with Crippen molar-refractivity contribution in [3.8, 4) is 27.9 Å². The van der Waals surface area contributed by atoms with Crippen LogP contribution in [-0.4, -0.2) is 4.57 Å². The molecule has 302 valence electrons. The predicted molar refractivity (Wildman–Crippen MR) is 280 cm³/mol. The summed E-state index contributed by atoms with van der Waals surface area (Å²) in [5.41, 5.74) is 14.1. The van der Waals surface area contributed by atoms with Gasteiger partial charge in [-0.3, -0.25) is 0 Å². The quantitative estimate of drug-likeness (QED) is 0.186. The average Bonchev–Trinajstić information content (AvgIpc) is 4.01. The summed E-state index contributed by atoms with van der Waals surface area (Å²) in [4.78, 5) is 2.44. The van der Waals surface area contributed by atoms with Crippen molar-refractivity contribution in [2.75, 3.05) is 10.2 Å². The molecule has 0 atom stereocenters. The highest BCUT2D eigenvalue weighted by atomic mass is 32.1. The van der Waals surface area contributed by atoms with E-state index in [1.807, 2.05) is 22.7 Å². The number of thiophene rings is 2. The lowest BCUT2D eigenvalue weighted by Crippen LogP contribution is -2.10. The molecule has 0 amide bonds. The molecule has 14 rings (SSSR count). The molecule has 3 aromatic heterocycles. The fourth-order valence-corrected chi connectivity index (χ4v) is 12.6. The third-order valence-electron chi connectivity index (χ3n) is 13.1. The standard InChI is InChI=1S/C58H35N3S2.CH4/c1-2-14-38(15-3-1)61-51-21-7-4-17-43(51)48-33-40(26-29-52(48)61)60(41-25-28-46-44-18-5-8-22-53(44)62-55(46)34-41)39-16-10-12-35(30-39)36-24-27-42-47-20-11-13-37-31-49-45-19-6-9-23-54(45)63-58(49)57(56(37)47)59-50(42)32-36;/h1-34,59H;1H4. The number of nitrogens with zero attached hydrogens (tertiary/aromatic N) is 2. The number of para-hydroxylation sites is 2. The molecule has 0 fully saturated rings. The van der Waals surface area contributed by atoms with Gasteiger partial charge in [0.1, 0.15) is 0 Å². The molecule has 5 heteroatoms. The first-order chi connectivity index (χ1) is 31.2. The van der Waals surface area contributed by atoms with E-state index in [9.17, 15) is 0 Å². The van der Waals surface area contributed by atoms with Gasteiger partial charge in [-0.15, -0.1) is 22.7 Å². The Bertz CT molecular complexity index is 4020. The Morgan fingerprint density at radius 3 is 1.95 bits per heavy atom. The molecular formula is C59H39N3S2. The van der Waals surface area contributed by atoms with E-state index in [1.54, 1.807) is 0 Å². The van der Waals surface area contributed by atoms with Gasteiger partial charge >= 0.3 is 0 Å². The van der Waals surface area contributed by atoms with Gasteiger partial charge in [-0.05, 0) is 107 Å². The highest BCUT2D eigenvalue weighted by Crippen LogP contribution is 2.51. The summed E-state index contributed by atoms with van der Waals surface area (Å²) in [6, 6.07) is 76.1. The predicted octanol–water partition coefficient (Wildman–Crippen LogP) is 18.2. The molecule has 13 aromatic rings. The molecule has 0 aliphatic carbocycles. The SMILES string of the molecule is C.c1ccc(-n2c3ccccc3c3cc(N(c4cccc(-c5ccc6c(c5)Nc5c7sc8ccccc8c7cc7cccc-6c57)c4)c4ccc5c(c4)sc4ccccc45)ccc32)cc1. The molecule has 10 aromatic carbocycles. The van der Waals surface area contributed by atoms with Crippen molar-refractivity contribution in [1.29, 1.82) is 0 Å². The first-order valence-corrected chi connectivity index (χ1v) is 23.0. The van der Waals surface area contributed by atoms with Crippen LogP contribution < -0.4 is 10.2 Å². The van der Waals surface area contributed by atoms with E-state index in [-0.39, 0.29) is 7.43 Å². The highest BCUT2D eigenvalue weighted by molar-refractivity contribution is 7.26. The lowest BCUT2D eigenvalue weighted by molar-refractivity contribution is 1.18. The first-order valence-electron chi connectivity index (χ1n) is 21.4. The van der Waals surface area contributed by atoms with E-state index < -0.39 is 0 Å². The van der Waals surface area contributed by atoms with E-state index in [1.165, 1.54) is 95.3 Å². The average molecular weight is 854 g/mol. The zero-order valence-electron chi connectivity index (χ0n) is 33.8. The van der Waals surface area contributed by atoms with Crippen molar-refractivity contribution in [1.82, 2.24) is 4.57 Å². The Morgan fingerprint density at radius 1 is 0.406 bits per heavy atom. The maximum Gasteiger partial charge on any atom is 0.0652 e. The Labute approximate surface area is 378 Å². The van der Waals surface area contributed by atoms with Crippen LogP contribution in [0.4, 0.5) is 28.4 Å². The first kappa shape index (κ1) is 36.9. The van der Waals surface area contributed by atoms with Crippen LogP contribution in [0.1, 0.15) is 7.43 Å². The van der Waals surface area contributed by atoms with Gasteiger partial charge in [0.15, 0.2) is 0 Å². The van der Waals surface area contributed by atoms with Crippen LogP contribution in [0.2, 0.25) is 0 Å². The molecule has 4 heterocycles. The van der Waals surface area contributed by atoms with Crippen LogP contribution in [0.3, 0.4) is 0 Å². The second-order valence-corrected chi connectivity index (χ2v) is 18.7. The van der Waals surface area contributed by atoms with Gasteiger partial charge in [0.2, 0.25) is 0 Å². The minimum atomic E-state index is 0. The third kappa shape index (κ3) is 5.45.